The number of ether oxygens (including phenoxy) is 2. The Hall–Kier alpha value is -4.38. The van der Waals surface area contributed by atoms with Crippen LogP contribution in [0, 0.1) is 22.6 Å². The van der Waals surface area contributed by atoms with Gasteiger partial charge in [-0.15, -0.1) is 0 Å². The summed E-state index contributed by atoms with van der Waals surface area (Å²) in [5.41, 5.74) is 1.51. The number of hydrogen-bond donors (Lipinski definition) is 3. The Balaban J connectivity index is 1.33. The Morgan fingerprint density at radius 1 is 1.11 bits per heavy atom. The largest absolute Gasteiger partial charge is 0.457 e. The van der Waals surface area contributed by atoms with Crippen molar-refractivity contribution < 1.29 is 28.2 Å². The van der Waals surface area contributed by atoms with Crippen LogP contribution >= 0.6 is 0 Å². The molecule has 2 aromatic carbocycles. The molecule has 0 aromatic heterocycles. The van der Waals surface area contributed by atoms with Crippen LogP contribution in [0.3, 0.4) is 0 Å². The zero-order chi connectivity index (χ0) is 33.7. The van der Waals surface area contributed by atoms with Gasteiger partial charge in [-0.25, -0.2) is 4.39 Å². The molecule has 10 nitrogen and oxygen atoms in total. The molecule has 0 spiro atoms. The van der Waals surface area contributed by atoms with E-state index in [9.17, 15) is 14.4 Å². The van der Waals surface area contributed by atoms with Crippen molar-refractivity contribution in [1.29, 1.82) is 10.8 Å². The molecule has 3 N–H and O–H groups in total. The first-order valence-electron chi connectivity index (χ1n) is 16.4. The summed E-state index contributed by atoms with van der Waals surface area (Å²) in [5.74, 6) is -0.715. The predicted molar refractivity (Wildman–Crippen MR) is 177 cm³/mol. The molecular formula is C36H44FN5O5. The number of allylic oxidation sites excluding steroid dienone is 2. The zero-order valence-electron chi connectivity index (χ0n) is 27.3. The van der Waals surface area contributed by atoms with E-state index in [0.717, 1.165) is 19.3 Å². The number of nitrogens with zero attached hydrogens (tertiary/aromatic N) is 2. The first-order valence-corrected chi connectivity index (χ1v) is 16.4. The van der Waals surface area contributed by atoms with Gasteiger partial charge in [-0.05, 0) is 92.6 Å². The number of amides is 3. The van der Waals surface area contributed by atoms with E-state index in [4.69, 9.17) is 20.3 Å². The summed E-state index contributed by atoms with van der Waals surface area (Å²) in [6.45, 7) is 7.76. The van der Waals surface area contributed by atoms with E-state index < -0.39 is 17.8 Å². The first-order chi connectivity index (χ1) is 22.5. The maximum Gasteiger partial charge on any atom is 0.254 e. The fourth-order valence-electron chi connectivity index (χ4n) is 6.43. The van der Waals surface area contributed by atoms with Crippen molar-refractivity contribution >= 4 is 29.1 Å². The molecule has 2 atom stereocenters. The molecule has 0 radical (unpaired) electrons. The molecule has 3 aliphatic rings. The van der Waals surface area contributed by atoms with E-state index in [1.807, 2.05) is 25.7 Å². The zero-order valence-corrected chi connectivity index (χ0v) is 27.3. The third kappa shape index (κ3) is 8.32. The summed E-state index contributed by atoms with van der Waals surface area (Å²) >= 11 is 0. The summed E-state index contributed by atoms with van der Waals surface area (Å²) in [7, 11) is 0. The van der Waals surface area contributed by atoms with Gasteiger partial charge in [0.25, 0.3) is 5.91 Å². The molecule has 3 fully saturated rings. The molecule has 5 rings (SSSR count). The summed E-state index contributed by atoms with van der Waals surface area (Å²) in [5, 5.41) is 19.2. The van der Waals surface area contributed by atoms with Crippen molar-refractivity contribution in [3.05, 3.63) is 71.1 Å². The Morgan fingerprint density at radius 3 is 2.47 bits per heavy atom. The molecule has 0 aliphatic carbocycles. The highest BCUT2D eigenvalue weighted by Gasteiger charge is 2.37. The van der Waals surface area contributed by atoms with Gasteiger partial charge < -0.3 is 35.4 Å². The SMILES string of the molecule is CC(C)C(=N)/C=C\C(=N)c1ccc(Oc2cc(C(=O)NC3CC(=O)N(C4CCOCC4)C(C)C3)c(F)cc2CN2CCCC2=O)cc1. The molecule has 3 saturated heterocycles. The van der Waals surface area contributed by atoms with Crippen LogP contribution in [0.25, 0.3) is 0 Å². The summed E-state index contributed by atoms with van der Waals surface area (Å²) in [6.07, 6.45) is 6.64. The van der Waals surface area contributed by atoms with Crippen LogP contribution in [0.4, 0.5) is 4.39 Å². The molecule has 3 aliphatic heterocycles. The van der Waals surface area contributed by atoms with Gasteiger partial charge in [-0.3, -0.25) is 14.4 Å². The van der Waals surface area contributed by atoms with Gasteiger partial charge in [-0.1, -0.05) is 13.8 Å². The van der Waals surface area contributed by atoms with Crippen molar-refractivity contribution in [2.75, 3.05) is 19.8 Å². The second kappa shape index (κ2) is 15.0. The Labute approximate surface area is 275 Å². The highest BCUT2D eigenvalue weighted by molar-refractivity contribution is 6.10. The highest BCUT2D eigenvalue weighted by Crippen LogP contribution is 2.32. The average molecular weight is 646 g/mol. The quantitative estimate of drug-likeness (QED) is 0.272. The van der Waals surface area contributed by atoms with Crippen molar-refractivity contribution in [3.8, 4) is 11.5 Å². The number of rotatable bonds is 11. The molecule has 0 bridgehead atoms. The van der Waals surface area contributed by atoms with E-state index in [1.54, 1.807) is 41.3 Å². The number of carbonyl (C=O) groups is 3. The lowest BCUT2D eigenvalue weighted by Gasteiger charge is -2.43. The molecule has 250 valence electrons. The van der Waals surface area contributed by atoms with Gasteiger partial charge in [0.05, 0.1) is 11.3 Å². The molecule has 11 heteroatoms. The second-order valence-electron chi connectivity index (χ2n) is 12.9. The molecule has 3 amide bonds. The number of benzene rings is 2. The van der Waals surface area contributed by atoms with Crippen molar-refractivity contribution in [3.63, 3.8) is 0 Å². The minimum Gasteiger partial charge on any atom is -0.457 e. The summed E-state index contributed by atoms with van der Waals surface area (Å²) in [4.78, 5) is 42.5. The Kier molecular flexibility index (Phi) is 10.9. The lowest BCUT2D eigenvalue weighted by atomic mass is 9.93. The van der Waals surface area contributed by atoms with Crippen molar-refractivity contribution in [1.82, 2.24) is 15.1 Å². The van der Waals surface area contributed by atoms with Gasteiger partial charge in [0.2, 0.25) is 11.8 Å². The van der Waals surface area contributed by atoms with E-state index in [-0.39, 0.29) is 59.8 Å². The number of piperidine rings is 1. The van der Waals surface area contributed by atoms with E-state index in [1.165, 1.54) is 12.1 Å². The summed E-state index contributed by atoms with van der Waals surface area (Å²) < 4.78 is 27.2. The smallest absolute Gasteiger partial charge is 0.254 e. The number of halogens is 1. The summed E-state index contributed by atoms with van der Waals surface area (Å²) in [6, 6.07) is 9.01. The molecule has 0 saturated carbocycles. The van der Waals surface area contributed by atoms with Gasteiger partial charge in [0.1, 0.15) is 17.3 Å². The van der Waals surface area contributed by atoms with Crippen LogP contribution in [-0.2, 0) is 20.9 Å². The number of likely N-dealkylation sites (tertiary alicyclic amines) is 2. The van der Waals surface area contributed by atoms with Gasteiger partial charge in [0, 0.05) is 68.5 Å². The molecule has 3 heterocycles. The van der Waals surface area contributed by atoms with Crippen molar-refractivity contribution in [2.24, 2.45) is 5.92 Å². The number of hydrogen-bond acceptors (Lipinski definition) is 7. The third-order valence-corrected chi connectivity index (χ3v) is 9.10. The lowest BCUT2D eigenvalue weighted by molar-refractivity contribution is -0.142. The fourth-order valence-corrected chi connectivity index (χ4v) is 6.43. The van der Waals surface area contributed by atoms with E-state index >= 15 is 4.39 Å². The van der Waals surface area contributed by atoms with E-state index in [0.29, 0.717) is 55.2 Å². The molecule has 2 unspecified atom stereocenters. The second-order valence-corrected chi connectivity index (χ2v) is 12.9. The first kappa shape index (κ1) is 34.0. The predicted octanol–water partition coefficient (Wildman–Crippen LogP) is 5.63. The minimum atomic E-state index is -0.738. The van der Waals surface area contributed by atoms with Crippen LogP contribution in [-0.4, -0.2) is 76.8 Å². The maximum absolute atomic E-state index is 15.6. The van der Waals surface area contributed by atoms with Crippen molar-refractivity contribution in [2.45, 2.75) is 84.0 Å². The fraction of sp³-hybridized carbons (Fsp3) is 0.472. The van der Waals surface area contributed by atoms with Gasteiger partial charge in [-0.2, -0.15) is 0 Å². The molecule has 2 aromatic rings. The van der Waals surface area contributed by atoms with Gasteiger partial charge >= 0.3 is 0 Å². The Bertz CT molecular complexity index is 1550. The van der Waals surface area contributed by atoms with Crippen LogP contribution in [0.2, 0.25) is 0 Å². The molecular weight excluding hydrogens is 601 g/mol. The Morgan fingerprint density at radius 2 is 1.83 bits per heavy atom. The minimum absolute atomic E-state index is 0.0227. The normalized spacial score (nSPS) is 20.7. The van der Waals surface area contributed by atoms with Crippen LogP contribution in [0.1, 0.15) is 80.8 Å². The number of carbonyl (C=O) groups excluding carboxylic acids is 3. The van der Waals surface area contributed by atoms with Crippen LogP contribution in [0.5, 0.6) is 11.5 Å². The van der Waals surface area contributed by atoms with E-state index in [2.05, 4.69) is 5.32 Å². The third-order valence-electron chi connectivity index (χ3n) is 9.10. The monoisotopic (exact) mass is 645 g/mol. The molecule has 47 heavy (non-hydrogen) atoms. The van der Waals surface area contributed by atoms with Crippen LogP contribution < -0.4 is 10.1 Å². The lowest BCUT2D eigenvalue weighted by Crippen LogP contribution is -2.56. The standard InChI is InChI=1S/C36H44FN5O5/c1-22(2)31(38)10-11-32(39)24-6-8-28(9-7-24)47-33-20-29(30(37)18-25(33)21-41-14-4-5-34(41)43)36(45)40-26-17-23(3)42(35(44)19-26)27-12-15-46-16-13-27/h6-11,18,20,22-23,26-27,38-39H,4-5,12-17,19,21H2,1-3H3,(H,40,45)/b11-10-,38-31?,39-32?. The topological polar surface area (TPSA) is 136 Å². The number of nitrogens with one attached hydrogen (secondary N) is 3. The average Bonchev–Trinajstić information content (AvgIpc) is 3.45. The highest BCUT2D eigenvalue weighted by atomic mass is 19.1. The maximum atomic E-state index is 15.6. The van der Waals surface area contributed by atoms with Crippen LogP contribution in [0.15, 0.2) is 48.6 Å². The van der Waals surface area contributed by atoms with Gasteiger partial charge in [0.15, 0.2) is 0 Å².